The molecule has 1 saturated carbocycles. The number of aliphatic hydroxyl groups is 1. The van der Waals surface area contributed by atoms with Crippen molar-refractivity contribution in [3.05, 3.63) is 101 Å². The summed E-state index contributed by atoms with van der Waals surface area (Å²) in [6.07, 6.45) is 5.77. The SMILES string of the molecule is COc1cc(C(=O)Nc2cccc(-c3cccc(NC(=O)c4ccc(CN(C)CCO[Si](C)(C)C(C)(C)C)cn4)c3C)c2C)ncc1CN[C@H]1CCC[C@@H]1O. The third-order valence-corrected chi connectivity index (χ3v) is 15.7. The fraction of sp³-hybridized carbons (Fsp3) is 0.442. The van der Waals surface area contributed by atoms with Gasteiger partial charge >= 0.3 is 0 Å². The van der Waals surface area contributed by atoms with Crippen molar-refractivity contribution in [2.24, 2.45) is 0 Å². The molecule has 0 unspecified atom stereocenters. The first-order valence-electron chi connectivity index (χ1n) is 19.1. The van der Waals surface area contributed by atoms with Crippen molar-refractivity contribution in [1.82, 2.24) is 20.2 Å². The molecule has 2 heterocycles. The lowest BCUT2D eigenvalue weighted by molar-refractivity contribution is 0.101. The summed E-state index contributed by atoms with van der Waals surface area (Å²) in [5.41, 5.74) is 7.34. The summed E-state index contributed by atoms with van der Waals surface area (Å²) in [6, 6.07) is 16.9. The third-order valence-electron chi connectivity index (χ3n) is 11.1. The van der Waals surface area contributed by atoms with Crippen molar-refractivity contribution >= 4 is 31.5 Å². The van der Waals surface area contributed by atoms with E-state index in [0.29, 0.717) is 42.5 Å². The summed E-state index contributed by atoms with van der Waals surface area (Å²) < 4.78 is 11.9. The van der Waals surface area contributed by atoms with E-state index in [0.717, 1.165) is 59.2 Å². The number of rotatable bonds is 15. The maximum Gasteiger partial charge on any atom is 0.274 e. The number of ether oxygens (including phenoxy) is 1. The van der Waals surface area contributed by atoms with Gasteiger partial charge in [-0.3, -0.25) is 24.5 Å². The van der Waals surface area contributed by atoms with E-state index in [4.69, 9.17) is 9.16 Å². The Bertz CT molecular complexity index is 1960. The third kappa shape index (κ3) is 10.4. The van der Waals surface area contributed by atoms with Crippen molar-refractivity contribution in [3.63, 3.8) is 0 Å². The summed E-state index contributed by atoms with van der Waals surface area (Å²) in [5, 5.41) is 19.8. The standard InChI is InChI=1S/C43H58N6O5Si/c1-28-32(13-10-15-34(28)47-41(51)37-20-19-30(24-44-37)27-49(6)21-22-54-55(8,9)43(3,4)5)33-14-11-16-35(29(33)2)48-42(52)38-23-40(53-7)31(26-46-38)25-45-36-17-12-18-39(36)50/h10-11,13-16,19-20,23-24,26,36,39,45,50H,12,17-18,21-22,25,27H2,1-9H3,(H,47,51)(H,48,52)/t36-,39-/m0/s1. The van der Waals surface area contributed by atoms with Gasteiger partial charge in [-0.05, 0) is 104 Å². The van der Waals surface area contributed by atoms with Gasteiger partial charge in [0, 0.05) is 67.7 Å². The van der Waals surface area contributed by atoms with Crippen LogP contribution in [0.2, 0.25) is 18.1 Å². The summed E-state index contributed by atoms with van der Waals surface area (Å²) in [4.78, 5) is 37.9. The summed E-state index contributed by atoms with van der Waals surface area (Å²) in [5.74, 6) is -0.0957. The Labute approximate surface area is 327 Å². The predicted molar refractivity (Wildman–Crippen MR) is 222 cm³/mol. The number of pyridine rings is 2. The van der Waals surface area contributed by atoms with Crippen LogP contribution in [0.3, 0.4) is 0 Å². The zero-order valence-electron chi connectivity index (χ0n) is 33.9. The molecule has 2 atom stereocenters. The summed E-state index contributed by atoms with van der Waals surface area (Å²) >= 11 is 0. The van der Waals surface area contributed by atoms with Crippen molar-refractivity contribution < 1.29 is 23.9 Å². The fourth-order valence-corrected chi connectivity index (χ4v) is 7.58. The first-order valence-corrected chi connectivity index (χ1v) is 22.0. The van der Waals surface area contributed by atoms with E-state index in [2.05, 4.69) is 71.7 Å². The number of carbonyl (C=O) groups is 2. The second-order valence-corrected chi connectivity index (χ2v) is 20.9. The number of nitrogens with one attached hydrogen (secondary N) is 3. The van der Waals surface area contributed by atoms with Gasteiger partial charge in [-0.25, -0.2) is 0 Å². The lowest BCUT2D eigenvalue weighted by atomic mass is 9.94. The highest BCUT2D eigenvalue weighted by Crippen LogP contribution is 2.37. The van der Waals surface area contributed by atoms with Crippen molar-refractivity contribution in [3.8, 4) is 16.9 Å². The van der Waals surface area contributed by atoms with Crippen LogP contribution in [0.5, 0.6) is 5.75 Å². The smallest absolute Gasteiger partial charge is 0.274 e. The minimum atomic E-state index is -1.79. The van der Waals surface area contributed by atoms with Crippen LogP contribution in [0, 0.1) is 13.8 Å². The number of benzene rings is 2. The summed E-state index contributed by atoms with van der Waals surface area (Å²) in [7, 11) is 1.84. The average molecular weight is 767 g/mol. The van der Waals surface area contributed by atoms with Gasteiger partial charge < -0.3 is 30.2 Å². The molecule has 0 radical (unpaired) electrons. The first-order chi connectivity index (χ1) is 26.1. The van der Waals surface area contributed by atoms with Crippen LogP contribution >= 0.6 is 0 Å². The molecule has 2 aromatic heterocycles. The van der Waals surface area contributed by atoms with Gasteiger partial charge in [0.2, 0.25) is 0 Å². The van der Waals surface area contributed by atoms with Crippen LogP contribution in [0.25, 0.3) is 11.1 Å². The highest BCUT2D eigenvalue weighted by molar-refractivity contribution is 6.74. The van der Waals surface area contributed by atoms with Crippen molar-refractivity contribution in [2.75, 3.05) is 37.9 Å². The molecule has 0 aliphatic heterocycles. The molecular formula is C43H58N6O5Si. The molecule has 2 aromatic carbocycles. The molecule has 0 saturated heterocycles. The Kier molecular flexibility index (Phi) is 13.6. The number of anilines is 2. The fourth-order valence-electron chi connectivity index (χ4n) is 6.55. The average Bonchev–Trinajstić information content (AvgIpc) is 3.56. The van der Waals surface area contributed by atoms with Crippen LogP contribution in [0.15, 0.2) is 67.0 Å². The second kappa shape index (κ2) is 18.0. The van der Waals surface area contributed by atoms with E-state index < -0.39 is 8.32 Å². The van der Waals surface area contributed by atoms with E-state index in [-0.39, 0.29) is 34.7 Å². The second-order valence-electron chi connectivity index (χ2n) is 16.1. The number of nitrogens with zero attached hydrogens (tertiary/aromatic N) is 3. The Morgan fingerprint density at radius 2 is 1.53 bits per heavy atom. The molecule has 55 heavy (non-hydrogen) atoms. The number of hydrogen-bond donors (Lipinski definition) is 4. The van der Waals surface area contributed by atoms with Gasteiger partial charge in [0.25, 0.3) is 11.8 Å². The maximum atomic E-state index is 13.4. The monoisotopic (exact) mass is 766 g/mol. The quantitative estimate of drug-likeness (QED) is 0.0896. The van der Waals surface area contributed by atoms with Crippen LogP contribution in [0.4, 0.5) is 11.4 Å². The Morgan fingerprint density at radius 3 is 2.07 bits per heavy atom. The molecule has 1 aliphatic rings. The van der Waals surface area contributed by atoms with Crippen LogP contribution < -0.4 is 20.7 Å². The number of likely N-dealkylation sites (N-methyl/N-ethyl adjacent to an activating group) is 1. The van der Waals surface area contributed by atoms with Gasteiger partial charge in [0.05, 0.1) is 13.2 Å². The normalized spacial score (nSPS) is 16.0. The molecule has 2 amide bonds. The lowest BCUT2D eigenvalue weighted by Gasteiger charge is -2.36. The topological polar surface area (TPSA) is 138 Å². The van der Waals surface area contributed by atoms with Gasteiger partial charge in [-0.1, -0.05) is 51.1 Å². The highest BCUT2D eigenvalue weighted by Gasteiger charge is 2.37. The van der Waals surface area contributed by atoms with Crippen LogP contribution in [-0.4, -0.2) is 79.6 Å². The van der Waals surface area contributed by atoms with Crippen LogP contribution in [0.1, 0.15) is 83.3 Å². The number of amides is 2. The zero-order chi connectivity index (χ0) is 39.9. The molecule has 4 N–H and O–H groups in total. The number of aromatic nitrogens is 2. The van der Waals surface area contributed by atoms with Gasteiger partial charge in [0.1, 0.15) is 17.1 Å². The molecule has 0 bridgehead atoms. The first kappa shape index (κ1) is 41.7. The van der Waals surface area contributed by atoms with E-state index in [1.54, 1.807) is 31.6 Å². The minimum Gasteiger partial charge on any atom is -0.496 e. The molecule has 12 heteroatoms. The van der Waals surface area contributed by atoms with Crippen molar-refractivity contribution in [1.29, 1.82) is 0 Å². The number of aliphatic hydroxyl groups excluding tert-OH is 1. The number of hydrogen-bond acceptors (Lipinski definition) is 9. The Hall–Kier alpha value is -4.46. The van der Waals surface area contributed by atoms with Crippen LogP contribution in [-0.2, 0) is 17.5 Å². The molecular weight excluding hydrogens is 709 g/mol. The Morgan fingerprint density at radius 1 is 0.909 bits per heavy atom. The molecule has 5 rings (SSSR count). The zero-order valence-corrected chi connectivity index (χ0v) is 34.9. The lowest BCUT2D eigenvalue weighted by Crippen LogP contribution is -2.42. The molecule has 1 fully saturated rings. The predicted octanol–water partition coefficient (Wildman–Crippen LogP) is 7.73. The molecule has 0 spiro atoms. The molecule has 1 aliphatic carbocycles. The van der Waals surface area contributed by atoms with E-state index >= 15 is 0 Å². The van der Waals surface area contributed by atoms with Gasteiger partial charge in [-0.2, -0.15) is 0 Å². The molecule has 11 nitrogen and oxygen atoms in total. The Balaban J connectivity index is 1.21. The number of methoxy groups -OCH3 is 1. The molecule has 4 aromatic rings. The van der Waals surface area contributed by atoms with Gasteiger partial charge in [0.15, 0.2) is 8.32 Å². The maximum absolute atomic E-state index is 13.4. The van der Waals surface area contributed by atoms with Crippen molar-refractivity contribution in [2.45, 2.75) is 97.2 Å². The molecule has 294 valence electrons. The minimum absolute atomic E-state index is 0.0415. The number of carbonyl (C=O) groups excluding carboxylic acids is 2. The van der Waals surface area contributed by atoms with E-state index in [1.165, 1.54) is 0 Å². The van der Waals surface area contributed by atoms with Gasteiger partial charge in [-0.15, -0.1) is 0 Å². The highest BCUT2D eigenvalue weighted by atomic mass is 28.4. The largest absolute Gasteiger partial charge is 0.496 e. The van der Waals surface area contributed by atoms with E-state index in [1.807, 2.05) is 56.3 Å². The van der Waals surface area contributed by atoms with E-state index in [9.17, 15) is 14.7 Å². The summed E-state index contributed by atoms with van der Waals surface area (Å²) in [6.45, 7) is 17.9.